The number of nitrogens with zero attached hydrogens (tertiary/aromatic N) is 6. The molecular formula is C11H17N9O. The topological polar surface area (TPSA) is 119 Å². The molecular weight excluding hydrogens is 274 g/mol. The van der Waals surface area contributed by atoms with Crippen LogP contribution >= 0.6 is 0 Å². The van der Waals surface area contributed by atoms with Crippen LogP contribution < -0.4 is 21.5 Å². The van der Waals surface area contributed by atoms with Gasteiger partial charge in [0.15, 0.2) is 5.82 Å². The van der Waals surface area contributed by atoms with Crippen molar-refractivity contribution in [3.8, 4) is 0 Å². The Hall–Kier alpha value is -2.46. The third kappa shape index (κ3) is 3.17. The van der Waals surface area contributed by atoms with E-state index in [2.05, 4.69) is 30.8 Å². The number of hydrogen-bond donors (Lipinski definition) is 3. The molecule has 0 bridgehead atoms. The van der Waals surface area contributed by atoms with Crippen LogP contribution in [0.3, 0.4) is 0 Å². The SMILES string of the molecule is Cn1ccc(Nc2nc(NN)nc(N3CCOCC3)n2)n1. The van der Waals surface area contributed by atoms with E-state index in [0.29, 0.717) is 36.9 Å². The fourth-order valence-corrected chi connectivity index (χ4v) is 1.99. The summed E-state index contributed by atoms with van der Waals surface area (Å²) >= 11 is 0. The Morgan fingerprint density at radius 3 is 2.62 bits per heavy atom. The maximum atomic E-state index is 5.42. The molecule has 0 aromatic carbocycles. The van der Waals surface area contributed by atoms with Crippen molar-refractivity contribution >= 4 is 23.7 Å². The van der Waals surface area contributed by atoms with E-state index in [4.69, 9.17) is 10.6 Å². The van der Waals surface area contributed by atoms with Crippen molar-refractivity contribution in [2.45, 2.75) is 0 Å². The van der Waals surface area contributed by atoms with Crippen molar-refractivity contribution in [1.82, 2.24) is 24.7 Å². The van der Waals surface area contributed by atoms with E-state index in [0.717, 1.165) is 13.1 Å². The second kappa shape index (κ2) is 5.89. The number of hydrazine groups is 1. The average Bonchev–Trinajstić information content (AvgIpc) is 2.93. The summed E-state index contributed by atoms with van der Waals surface area (Å²) in [5, 5.41) is 7.25. The quantitative estimate of drug-likeness (QED) is 0.504. The molecule has 0 saturated carbocycles. The van der Waals surface area contributed by atoms with Crippen LogP contribution in [0.1, 0.15) is 0 Å². The summed E-state index contributed by atoms with van der Waals surface area (Å²) < 4.78 is 7.01. The molecule has 3 heterocycles. The van der Waals surface area contributed by atoms with E-state index < -0.39 is 0 Å². The predicted octanol–water partition coefficient (Wildman–Crippen LogP) is -0.529. The predicted molar refractivity (Wildman–Crippen MR) is 77.2 cm³/mol. The number of rotatable bonds is 4. The molecule has 2 aromatic rings. The molecule has 10 heteroatoms. The lowest BCUT2D eigenvalue weighted by Gasteiger charge is -2.26. The van der Waals surface area contributed by atoms with E-state index in [9.17, 15) is 0 Å². The van der Waals surface area contributed by atoms with Gasteiger partial charge in [0.05, 0.1) is 13.2 Å². The maximum absolute atomic E-state index is 5.42. The van der Waals surface area contributed by atoms with Gasteiger partial charge in [-0.1, -0.05) is 0 Å². The van der Waals surface area contributed by atoms with Crippen molar-refractivity contribution in [3.05, 3.63) is 12.3 Å². The largest absolute Gasteiger partial charge is 0.378 e. The fourth-order valence-electron chi connectivity index (χ4n) is 1.99. The molecule has 0 amide bonds. The van der Waals surface area contributed by atoms with Crippen LogP contribution in [0, 0.1) is 0 Å². The van der Waals surface area contributed by atoms with E-state index in [-0.39, 0.29) is 0 Å². The van der Waals surface area contributed by atoms with Crippen LogP contribution in [0.15, 0.2) is 12.3 Å². The van der Waals surface area contributed by atoms with Crippen LogP contribution in [0.4, 0.5) is 23.7 Å². The lowest BCUT2D eigenvalue weighted by molar-refractivity contribution is 0.122. The van der Waals surface area contributed by atoms with E-state index in [1.54, 1.807) is 4.68 Å². The van der Waals surface area contributed by atoms with Gasteiger partial charge in [-0.15, -0.1) is 0 Å². The van der Waals surface area contributed by atoms with Gasteiger partial charge in [0, 0.05) is 32.4 Å². The molecule has 112 valence electrons. The lowest BCUT2D eigenvalue weighted by Crippen LogP contribution is -2.37. The minimum absolute atomic E-state index is 0.296. The Labute approximate surface area is 121 Å². The molecule has 3 rings (SSSR count). The first kappa shape index (κ1) is 13.5. The first-order chi connectivity index (χ1) is 10.2. The number of nitrogens with one attached hydrogen (secondary N) is 2. The maximum Gasteiger partial charge on any atom is 0.243 e. The van der Waals surface area contributed by atoms with E-state index in [1.807, 2.05) is 24.2 Å². The zero-order valence-electron chi connectivity index (χ0n) is 11.7. The highest BCUT2D eigenvalue weighted by atomic mass is 16.5. The number of anilines is 4. The molecule has 1 saturated heterocycles. The lowest BCUT2D eigenvalue weighted by atomic mass is 10.4. The molecule has 1 fully saturated rings. The summed E-state index contributed by atoms with van der Waals surface area (Å²) in [5.41, 5.74) is 2.45. The molecule has 0 aliphatic carbocycles. The third-order valence-corrected chi connectivity index (χ3v) is 3.00. The molecule has 21 heavy (non-hydrogen) atoms. The Bertz CT molecular complexity index is 607. The summed E-state index contributed by atoms with van der Waals surface area (Å²) in [6.45, 7) is 2.77. The smallest absolute Gasteiger partial charge is 0.243 e. The summed E-state index contributed by atoms with van der Waals surface area (Å²) in [5.74, 6) is 7.31. The van der Waals surface area contributed by atoms with Gasteiger partial charge in [-0.2, -0.15) is 20.1 Å². The van der Waals surface area contributed by atoms with Crippen LogP contribution in [0.5, 0.6) is 0 Å². The first-order valence-corrected chi connectivity index (χ1v) is 6.56. The summed E-state index contributed by atoms with van der Waals surface area (Å²) in [6, 6.07) is 1.83. The Morgan fingerprint density at radius 1 is 1.19 bits per heavy atom. The zero-order valence-corrected chi connectivity index (χ0v) is 11.7. The Kier molecular flexibility index (Phi) is 3.79. The molecule has 2 aromatic heterocycles. The highest BCUT2D eigenvalue weighted by Crippen LogP contribution is 2.17. The molecule has 10 nitrogen and oxygen atoms in total. The number of morpholine rings is 1. The molecule has 0 unspecified atom stereocenters. The third-order valence-electron chi connectivity index (χ3n) is 3.00. The summed E-state index contributed by atoms with van der Waals surface area (Å²) in [4.78, 5) is 14.9. The fraction of sp³-hybridized carbons (Fsp3) is 0.455. The van der Waals surface area contributed by atoms with Gasteiger partial charge in [0.25, 0.3) is 0 Å². The summed E-state index contributed by atoms with van der Waals surface area (Å²) in [6.07, 6.45) is 1.83. The van der Waals surface area contributed by atoms with Crippen LogP contribution in [-0.4, -0.2) is 51.0 Å². The van der Waals surface area contributed by atoms with Crippen molar-refractivity contribution in [1.29, 1.82) is 0 Å². The highest BCUT2D eigenvalue weighted by molar-refractivity contribution is 5.51. The normalized spacial score (nSPS) is 15.0. The van der Waals surface area contributed by atoms with Gasteiger partial charge in [0.2, 0.25) is 17.8 Å². The number of aryl methyl sites for hydroxylation is 1. The number of ether oxygens (including phenoxy) is 1. The van der Waals surface area contributed by atoms with Gasteiger partial charge in [-0.3, -0.25) is 10.1 Å². The Morgan fingerprint density at radius 2 is 1.95 bits per heavy atom. The van der Waals surface area contributed by atoms with Gasteiger partial charge >= 0.3 is 0 Å². The Balaban J connectivity index is 1.85. The van der Waals surface area contributed by atoms with Gasteiger partial charge in [-0.05, 0) is 0 Å². The van der Waals surface area contributed by atoms with Crippen LogP contribution in [-0.2, 0) is 11.8 Å². The summed E-state index contributed by atoms with van der Waals surface area (Å²) in [7, 11) is 1.84. The molecule has 0 spiro atoms. The molecule has 0 atom stereocenters. The van der Waals surface area contributed by atoms with E-state index >= 15 is 0 Å². The molecule has 1 aliphatic heterocycles. The second-order valence-electron chi connectivity index (χ2n) is 4.53. The monoisotopic (exact) mass is 291 g/mol. The molecule has 0 radical (unpaired) electrons. The number of aromatic nitrogens is 5. The van der Waals surface area contributed by atoms with Crippen molar-refractivity contribution in [3.63, 3.8) is 0 Å². The van der Waals surface area contributed by atoms with Crippen molar-refractivity contribution in [2.24, 2.45) is 12.9 Å². The minimum atomic E-state index is 0.296. The van der Waals surface area contributed by atoms with Crippen molar-refractivity contribution < 1.29 is 4.74 Å². The average molecular weight is 291 g/mol. The second-order valence-corrected chi connectivity index (χ2v) is 4.53. The van der Waals surface area contributed by atoms with Crippen LogP contribution in [0.25, 0.3) is 0 Å². The van der Waals surface area contributed by atoms with Crippen molar-refractivity contribution in [2.75, 3.05) is 41.9 Å². The number of nitrogens with two attached hydrogens (primary N) is 1. The van der Waals surface area contributed by atoms with Crippen LogP contribution in [0.2, 0.25) is 0 Å². The van der Waals surface area contributed by atoms with Gasteiger partial charge in [0.1, 0.15) is 0 Å². The minimum Gasteiger partial charge on any atom is -0.378 e. The van der Waals surface area contributed by atoms with E-state index in [1.165, 1.54) is 0 Å². The molecule has 1 aliphatic rings. The number of nitrogen functional groups attached to an aromatic ring is 1. The first-order valence-electron chi connectivity index (χ1n) is 6.56. The number of hydrogen-bond acceptors (Lipinski definition) is 9. The van der Waals surface area contributed by atoms with Gasteiger partial charge < -0.3 is 15.0 Å². The van der Waals surface area contributed by atoms with Gasteiger partial charge in [-0.25, -0.2) is 5.84 Å². The standard InChI is InChI=1S/C11H17N9O/c1-19-3-2-8(18-19)13-9-14-10(17-12)16-11(15-9)20-4-6-21-7-5-20/h2-3H,4-7,12H2,1H3,(H2,13,14,15,16,17,18). The molecule has 4 N–H and O–H groups in total. The highest BCUT2D eigenvalue weighted by Gasteiger charge is 2.16. The zero-order chi connectivity index (χ0) is 14.7.